The molecule has 15 N–H and O–H groups in total. The normalized spacial score (nSPS) is 18.9. The second-order valence-electron chi connectivity index (χ2n) is 19.4. The Morgan fingerprint density at radius 1 is 0.526 bits per heavy atom. The number of aliphatic hydroxyl groups excluding tert-OH is 4. The summed E-state index contributed by atoms with van der Waals surface area (Å²) in [6, 6.07) is 34.9. The number of ether oxygens (including phenoxy) is 2. The number of aromatic nitrogens is 4. The van der Waals surface area contributed by atoms with Crippen LogP contribution in [0.25, 0.3) is 90.9 Å². The Labute approximate surface area is 447 Å². The molecule has 0 radical (unpaired) electrons. The highest BCUT2D eigenvalue weighted by molar-refractivity contribution is 6.02. The Morgan fingerprint density at radius 3 is 1.29 bits per heavy atom. The van der Waals surface area contributed by atoms with E-state index >= 15 is 0 Å². The van der Waals surface area contributed by atoms with Crippen LogP contribution in [-0.2, 0) is 19.1 Å². The molecule has 0 aliphatic carbocycles. The number of para-hydroxylation sites is 1. The number of nitrogens with one attached hydrogen (secondary N) is 5. The number of nitrogens with two attached hydrogens (primary N) is 3. The fourth-order valence-electron chi connectivity index (χ4n) is 9.40. The number of amides is 3. The third kappa shape index (κ3) is 10.7. The van der Waals surface area contributed by atoms with Crippen LogP contribution >= 0.6 is 0 Å². The third-order valence-electron chi connectivity index (χ3n) is 13.6. The topological polar surface area (TPSA) is 322 Å². The average Bonchev–Trinajstić information content (AvgIpc) is 4.45. The van der Waals surface area contributed by atoms with E-state index in [1.54, 1.807) is 69.3 Å². The second kappa shape index (κ2) is 22.1. The van der Waals surface area contributed by atoms with Crippen molar-refractivity contribution in [1.29, 1.82) is 0 Å². The molecular weight excluding hydrogens is 993 g/mol. The number of nitrogens with zero attached hydrogens (tertiary/aromatic N) is 2. The largest absolute Gasteiger partial charge is 0.461 e. The van der Waals surface area contributed by atoms with Crippen LogP contribution in [0.1, 0.15) is 43.5 Å². The monoisotopic (exact) mass is 1050 g/mol. The number of fused-ring (bicyclic) bond motifs is 8. The number of aromatic amines is 2. The number of carbonyl (C=O) groups is 3. The lowest BCUT2D eigenvalue weighted by molar-refractivity contribution is -0.277. The number of benzene rings is 4. The molecule has 8 atom stereocenters. The summed E-state index contributed by atoms with van der Waals surface area (Å²) >= 11 is 0. The molecule has 3 aliphatic heterocycles. The van der Waals surface area contributed by atoms with Crippen molar-refractivity contribution in [3.63, 3.8) is 0 Å². The quantitative estimate of drug-likeness (QED) is 0.0598. The molecule has 398 valence electrons. The van der Waals surface area contributed by atoms with E-state index in [1.807, 2.05) is 97.1 Å². The van der Waals surface area contributed by atoms with Gasteiger partial charge in [-0.1, -0.05) is 54.6 Å². The van der Waals surface area contributed by atoms with Crippen LogP contribution in [0.3, 0.4) is 0 Å². The Bertz CT molecular complexity index is 3500. The van der Waals surface area contributed by atoms with Crippen molar-refractivity contribution in [2.75, 3.05) is 22.6 Å². The number of H-pyrrole nitrogens is 2. The van der Waals surface area contributed by atoms with Crippen molar-refractivity contribution in [2.45, 2.75) is 69.6 Å². The van der Waals surface area contributed by atoms with Gasteiger partial charge >= 0.3 is 0 Å². The molecule has 3 aliphatic rings. The van der Waals surface area contributed by atoms with Gasteiger partial charge in [0.1, 0.15) is 30.2 Å². The van der Waals surface area contributed by atoms with Crippen molar-refractivity contribution >= 4 is 81.2 Å². The van der Waals surface area contributed by atoms with Gasteiger partial charge in [-0.3, -0.25) is 14.4 Å². The highest BCUT2D eigenvalue weighted by atomic mass is 16.7. The average molecular weight is 1050 g/mol. The van der Waals surface area contributed by atoms with Crippen LogP contribution in [-0.4, -0.2) is 114 Å². The molecule has 0 unspecified atom stereocenters. The molecule has 6 heterocycles. The maximum Gasteiger partial charge on any atom is 0.240 e. The number of aliphatic hydroxyl groups is 4. The molecule has 3 amide bonds. The molecule has 19 nitrogen and oxygen atoms in total. The number of hydrogen-bond donors (Lipinski definition) is 12. The van der Waals surface area contributed by atoms with Crippen molar-refractivity contribution in [3.8, 4) is 50.3 Å². The smallest absolute Gasteiger partial charge is 0.240 e. The fraction of sp³-hybridized carbons (Fsp3) is 0.203. The minimum Gasteiger partial charge on any atom is -0.461 e. The molecule has 78 heavy (non-hydrogen) atoms. The Balaban J connectivity index is 1.26. The van der Waals surface area contributed by atoms with Gasteiger partial charge in [-0.25, -0.2) is 9.97 Å². The van der Waals surface area contributed by atoms with E-state index in [9.17, 15) is 34.8 Å². The third-order valence-corrected chi connectivity index (χ3v) is 13.6. The Hall–Kier alpha value is -8.63. The first-order valence-electron chi connectivity index (χ1n) is 25.3. The lowest BCUT2D eigenvalue weighted by atomic mass is 9.99. The second-order valence-corrected chi connectivity index (χ2v) is 19.4. The number of carbonyl (C=O) groups excluding carboxylic acids is 3. The van der Waals surface area contributed by atoms with Gasteiger partial charge in [0.2, 0.25) is 24.0 Å². The zero-order chi connectivity index (χ0) is 54.9. The molecule has 3 aromatic heterocycles. The highest BCUT2D eigenvalue weighted by Crippen LogP contribution is 2.42. The number of rotatable bonds is 13. The lowest BCUT2D eigenvalue weighted by Gasteiger charge is -2.39. The van der Waals surface area contributed by atoms with E-state index in [-0.39, 0.29) is 23.5 Å². The lowest BCUT2D eigenvalue weighted by Crippen LogP contribution is -2.60. The van der Waals surface area contributed by atoms with Gasteiger partial charge in [-0.15, -0.1) is 0 Å². The first-order valence-corrected chi connectivity index (χ1v) is 25.3. The Kier molecular flexibility index (Phi) is 15.0. The maximum absolute atomic E-state index is 12.6. The van der Waals surface area contributed by atoms with Crippen molar-refractivity contribution in [3.05, 3.63) is 144 Å². The van der Waals surface area contributed by atoms with Crippen LogP contribution < -0.4 is 37.9 Å². The van der Waals surface area contributed by atoms with E-state index in [1.165, 1.54) is 0 Å². The molecule has 8 bridgehead atoms. The fourth-order valence-corrected chi connectivity index (χ4v) is 9.40. The molecule has 0 spiro atoms. The highest BCUT2D eigenvalue weighted by Gasteiger charge is 2.45. The van der Waals surface area contributed by atoms with E-state index in [2.05, 4.69) is 25.9 Å². The van der Waals surface area contributed by atoms with Gasteiger partial charge in [0.05, 0.1) is 47.5 Å². The van der Waals surface area contributed by atoms with Gasteiger partial charge in [-0.2, -0.15) is 0 Å². The zero-order valence-electron chi connectivity index (χ0n) is 42.6. The summed E-state index contributed by atoms with van der Waals surface area (Å²) < 4.78 is 12.2. The number of anilines is 3. The van der Waals surface area contributed by atoms with E-state index < -0.39 is 55.4 Å². The van der Waals surface area contributed by atoms with Crippen LogP contribution in [0.2, 0.25) is 0 Å². The summed E-state index contributed by atoms with van der Waals surface area (Å²) in [6.07, 6.45) is -0.215. The molecule has 1 fully saturated rings. The molecule has 7 aromatic rings. The van der Waals surface area contributed by atoms with Gasteiger partial charge < -0.3 is 73.0 Å². The van der Waals surface area contributed by atoms with Crippen LogP contribution in [0.15, 0.2) is 121 Å². The number of hydrogen-bond acceptors (Lipinski definition) is 14. The maximum atomic E-state index is 12.6. The van der Waals surface area contributed by atoms with Gasteiger partial charge in [-0.05, 0) is 128 Å². The van der Waals surface area contributed by atoms with Crippen LogP contribution in [0.4, 0.5) is 17.1 Å². The van der Waals surface area contributed by atoms with Crippen molar-refractivity contribution in [1.82, 2.24) is 19.9 Å². The molecule has 0 saturated carbocycles. The predicted octanol–water partition coefficient (Wildman–Crippen LogP) is 6.36. The molecule has 19 heteroatoms. The van der Waals surface area contributed by atoms with Crippen molar-refractivity contribution < 1.29 is 44.3 Å². The summed E-state index contributed by atoms with van der Waals surface area (Å²) in [6.45, 7) is 4.18. The van der Waals surface area contributed by atoms with Gasteiger partial charge in [0.15, 0.2) is 0 Å². The SMILES string of the molecule is C[C@H](N)C(=O)Nc1ccc(-c2c3nc(c(-c4ccccc4O[C@@H]4O[C@H](CO)[C@@H](O)[C@H](O)[C@H]4O)c4nc(c(-c5ccc(NC(=O)[C@H](C)N)cc5)c5ccc([nH]5)c(-c5ccc(NC(=O)[C@H](C)N)cc5)c5ccc2[nH]5)C=C4)C=C3)cc1. The Morgan fingerprint density at radius 2 is 0.897 bits per heavy atom. The summed E-state index contributed by atoms with van der Waals surface area (Å²) in [7, 11) is 0. The molecular formula is C59H58N10O9. The summed E-state index contributed by atoms with van der Waals surface area (Å²) in [4.78, 5) is 56.0. The minimum atomic E-state index is -1.70. The molecule has 4 aromatic carbocycles. The molecule has 1 saturated heterocycles. The first-order chi connectivity index (χ1) is 37.5. The summed E-state index contributed by atoms with van der Waals surface area (Å²) in [5, 5.41) is 51.1. The predicted molar refractivity (Wildman–Crippen MR) is 302 cm³/mol. The first kappa shape index (κ1) is 52.8. The van der Waals surface area contributed by atoms with Crippen molar-refractivity contribution in [2.24, 2.45) is 17.2 Å². The van der Waals surface area contributed by atoms with Crippen LogP contribution in [0.5, 0.6) is 5.75 Å². The molecule has 10 rings (SSSR count). The minimum absolute atomic E-state index is 0.207. The van der Waals surface area contributed by atoms with E-state index in [4.69, 9.17) is 36.6 Å². The summed E-state index contributed by atoms with van der Waals surface area (Å²) in [5.74, 6) is -0.805. The van der Waals surface area contributed by atoms with Gasteiger partial charge in [0.25, 0.3) is 0 Å². The van der Waals surface area contributed by atoms with Gasteiger partial charge in [0, 0.05) is 66.9 Å². The van der Waals surface area contributed by atoms with E-state index in [0.717, 1.165) is 33.3 Å². The standard InChI is InChI=1S/C59H58N10O9/c1-29(60)56(74)63-35-14-8-32(9-15-35)49-39-20-22-41(66-39)50(33-10-16-36(17-11-33)64-57(75)30(2)61)43-24-26-45(68-43)52(38-6-4-5-7-47(38)77-59-55(73)54(72)53(71)48(28-70)78-59)46-27-25-44(69-46)51(42-23-21-40(49)67-42)34-12-18-37(19-13-34)65-58(76)31(3)62/h4-27,29-31,48,53-55,59,66-67,70-73H,28,60-62H2,1-3H3,(H,63,74)(H,64,75)(H,65,76)/t29-,30-,31-,48+,53+,54-,55+,59+/m0/s1. The van der Waals surface area contributed by atoms with Crippen LogP contribution in [0, 0.1) is 0 Å². The van der Waals surface area contributed by atoms with E-state index in [0.29, 0.717) is 73.1 Å². The summed E-state index contributed by atoms with van der Waals surface area (Å²) in [5.41, 5.74) is 29.6. The zero-order valence-corrected chi connectivity index (χ0v) is 42.6.